The molecule has 4 nitrogen and oxygen atoms in total. The highest BCUT2D eigenvalue weighted by atomic mass is 32.1. The molecule has 1 atom stereocenters. The van der Waals surface area contributed by atoms with Gasteiger partial charge in [0.15, 0.2) is 0 Å². The highest BCUT2D eigenvalue weighted by Crippen LogP contribution is 2.33. The van der Waals surface area contributed by atoms with Crippen molar-refractivity contribution in [3.63, 3.8) is 0 Å². The van der Waals surface area contributed by atoms with Crippen LogP contribution in [0.2, 0.25) is 0 Å². The average molecular weight is 320 g/mol. The highest BCUT2D eigenvalue weighted by Gasteiger charge is 2.24. The van der Waals surface area contributed by atoms with Gasteiger partial charge in [-0.25, -0.2) is 0 Å². The first-order valence-corrected chi connectivity index (χ1v) is 8.60. The van der Waals surface area contributed by atoms with Crippen molar-refractivity contribution in [2.75, 3.05) is 5.32 Å². The Bertz CT molecular complexity index is 702. The van der Waals surface area contributed by atoms with Crippen LogP contribution in [-0.4, -0.2) is 11.8 Å². The maximum absolute atomic E-state index is 12.5. The quantitative estimate of drug-likeness (QED) is 0.911. The van der Waals surface area contributed by atoms with E-state index >= 15 is 0 Å². The molecule has 1 aliphatic rings. The lowest BCUT2D eigenvalue weighted by Crippen LogP contribution is -2.18. The maximum Gasteiger partial charge on any atom is 0.257 e. The van der Waals surface area contributed by atoms with Crippen molar-refractivity contribution in [3.8, 4) is 0 Å². The fraction of sp³-hybridized carbons (Fsp3) is 0.333. The minimum Gasteiger partial charge on any atom is -0.366 e. The van der Waals surface area contributed by atoms with Crippen molar-refractivity contribution in [1.29, 1.82) is 0 Å². The van der Waals surface area contributed by atoms with Crippen LogP contribution in [0.1, 0.15) is 44.5 Å². The number of carbonyl (C=O) groups is 2. The Morgan fingerprint density at radius 1 is 1.33 bits per heavy atom. The van der Waals surface area contributed by atoms with Crippen LogP contribution in [0.25, 0.3) is 0 Å². The molecule has 0 saturated heterocycles. The number of hydrogen-bond donors (Lipinski definition) is 2. The molecule has 1 aliphatic carbocycles. The molecule has 0 aromatic carbocycles. The second-order valence-corrected chi connectivity index (χ2v) is 7.26. The van der Waals surface area contributed by atoms with Crippen molar-refractivity contribution in [2.24, 2.45) is 11.7 Å². The van der Waals surface area contributed by atoms with E-state index in [9.17, 15) is 9.59 Å². The molecule has 3 N–H and O–H groups in total. The molecule has 0 aliphatic heterocycles. The number of amides is 2. The van der Waals surface area contributed by atoms with Gasteiger partial charge in [0.05, 0.1) is 11.1 Å². The van der Waals surface area contributed by atoms with Gasteiger partial charge in [-0.3, -0.25) is 9.59 Å². The minimum atomic E-state index is -0.521. The molecule has 0 saturated carbocycles. The topological polar surface area (TPSA) is 72.2 Å². The maximum atomic E-state index is 12.5. The molecular weight excluding hydrogens is 304 g/mol. The average Bonchev–Trinajstić information content (AvgIpc) is 3.04. The van der Waals surface area contributed by atoms with Crippen molar-refractivity contribution in [1.82, 2.24) is 0 Å². The highest BCUT2D eigenvalue weighted by molar-refractivity contribution is 7.14. The molecule has 2 heterocycles. The first-order valence-electron chi connectivity index (χ1n) is 6.84. The Kier molecular flexibility index (Phi) is 3.82. The van der Waals surface area contributed by atoms with Crippen molar-refractivity contribution >= 4 is 39.5 Å². The Morgan fingerprint density at radius 3 is 2.90 bits per heavy atom. The van der Waals surface area contributed by atoms with E-state index in [2.05, 4.69) is 12.2 Å². The van der Waals surface area contributed by atoms with Gasteiger partial charge in [0, 0.05) is 10.3 Å². The van der Waals surface area contributed by atoms with Crippen LogP contribution in [0.5, 0.6) is 0 Å². The summed E-state index contributed by atoms with van der Waals surface area (Å²) in [5.41, 5.74) is 7.58. The second kappa shape index (κ2) is 5.61. The number of rotatable bonds is 3. The molecule has 3 rings (SSSR count). The van der Waals surface area contributed by atoms with E-state index in [-0.39, 0.29) is 5.91 Å². The summed E-state index contributed by atoms with van der Waals surface area (Å²) in [6.07, 6.45) is 3.13. The first-order chi connectivity index (χ1) is 10.1. The lowest BCUT2D eigenvalue weighted by atomic mass is 9.88. The molecule has 1 unspecified atom stereocenters. The lowest BCUT2D eigenvalue weighted by molar-refractivity contribution is 0.100. The molecule has 0 bridgehead atoms. The molecule has 110 valence electrons. The van der Waals surface area contributed by atoms with E-state index in [0.29, 0.717) is 16.5 Å². The van der Waals surface area contributed by atoms with E-state index < -0.39 is 5.91 Å². The first kappa shape index (κ1) is 14.3. The third kappa shape index (κ3) is 2.73. The summed E-state index contributed by atoms with van der Waals surface area (Å²) >= 11 is 2.97. The van der Waals surface area contributed by atoms with Crippen LogP contribution in [0.4, 0.5) is 5.00 Å². The predicted octanol–water partition coefficient (Wildman–Crippen LogP) is 3.29. The van der Waals surface area contributed by atoms with Gasteiger partial charge in [0.2, 0.25) is 0 Å². The molecule has 0 fully saturated rings. The van der Waals surface area contributed by atoms with Gasteiger partial charge >= 0.3 is 0 Å². The van der Waals surface area contributed by atoms with E-state index in [0.717, 1.165) is 24.8 Å². The molecule has 2 aromatic rings. The Labute approximate surface area is 131 Å². The summed E-state index contributed by atoms with van der Waals surface area (Å²) < 4.78 is 0. The van der Waals surface area contributed by atoms with E-state index in [4.69, 9.17) is 5.73 Å². The van der Waals surface area contributed by atoms with Crippen molar-refractivity contribution in [2.45, 2.75) is 26.2 Å². The van der Waals surface area contributed by atoms with Gasteiger partial charge in [-0.2, -0.15) is 0 Å². The number of hydrogen-bond acceptors (Lipinski definition) is 4. The van der Waals surface area contributed by atoms with Crippen LogP contribution in [-0.2, 0) is 12.8 Å². The van der Waals surface area contributed by atoms with E-state index in [1.54, 1.807) is 22.8 Å². The SMILES string of the molecule is CC1CCc2c(C(=O)Nc3sccc3C(N)=O)csc2C1. The zero-order chi connectivity index (χ0) is 15.0. The zero-order valence-electron chi connectivity index (χ0n) is 11.6. The number of nitrogens with one attached hydrogen (secondary N) is 1. The lowest BCUT2D eigenvalue weighted by Gasteiger charge is -2.18. The van der Waals surface area contributed by atoms with Gasteiger partial charge in [-0.15, -0.1) is 22.7 Å². The van der Waals surface area contributed by atoms with Gasteiger partial charge < -0.3 is 11.1 Å². The summed E-state index contributed by atoms with van der Waals surface area (Å²) in [5.74, 6) is 0.0190. The van der Waals surface area contributed by atoms with Crippen LogP contribution < -0.4 is 11.1 Å². The summed E-state index contributed by atoms with van der Waals surface area (Å²) in [7, 11) is 0. The number of primary amides is 1. The van der Waals surface area contributed by atoms with E-state index in [1.165, 1.54) is 21.8 Å². The normalized spacial score (nSPS) is 17.3. The summed E-state index contributed by atoms with van der Waals surface area (Å²) in [6.45, 7) is 2.24. The Morgan fingerprint density at radius 2 is 2.14 bits per heavy atom. The second-order valence-electron chi connectivity index (χ2n) is 5.38. The largest absolute Gasteiger partial charge is 0.366 e. The molecule has 2 aromatic heterocycles. The zero-order valence-corrected chi connectivity index (χ0v) is 13.3. The molecule has 21 heavy (non-hydrogen) atoms. The van der Waals surface area contributed by atoms with Crippen molar-refractivity contribution < 1.29 is 9.59 Å². The standard InChI is InChI=1S/C15H16N2O2S2/c1-8-2-3-9-11(7-21-12(9)6-8)14(19)17-15-10(13(16)18)4-5-20-15/h4-5,7-8H,2-3,6H2,1H3,(H2,16,18)(H,17,19). The number of thiophene rings is 2. The monoisotopic (exact) mass is 320 g/mol. The van der Waals surface area contributed by atoms with E-state index in [1.807, 2.05) is 5.38 Å². The molecule has 0 spiro atoms. The van der Waals surface area contributed by atoms with Crippen LogP contribution in [0, 0.1) is 5.92 Å². The van der Waals surface area contributed by atoms with Gasteiger partial charge in [-0.05, 0) is 42.2 Å². The minimum absolute atomic E-state index is 0.146. The fourth-order valence-electron chi connectivity index (χ4n) is 2.64. The van der Waals surface area contributed by atoms with Crippen molar-refractivity contribution in [3.05, 3.63) is 38.4 Å². The Balaban J connectivity index is 1.83. The number of nitrogens with two attached hydrogens (primary N) is 1. The van der Waals surface area contributed by atoms with Gasteiger partial charge in [0.1, 0.15) is 5.00 Å². The number of fused-ring (bicyclic) bond motifs is 1. The molecular formula is C15H16N2O2S2. The van der Waals surface area contributed by atoms with Crippen LogP contribution >= 0.6 is 22.7 Å². The van der Waals surface area contributed by atoms with Gasteiger partial charge in [-0.1, -0.05) is 6.92 Å². The summed E-state index contributed by atoms with van der Waals surface area (Å²) in [5, 5.41) is 7.02. The predicted molar refractivity (Wildman–Crippen MR) is 86.3 cm³/mol. The third-order valence-electron chi connectivity index (χ3n) is 3.80. The number of anilines is 1. The fourth-order valence-corrected chi connectivity index (χ4v) is 4.67. The molecule has 2 amide bonds. The number of carbonyl (C=O) groups excluding carboxylic acids is 2. The summed E-state index contributed by atoms with van der Waals surface area (Å²) in [6, 6.07) is 1.63. The third-order valence-corrected chi connectivity index (χ3v) is 5.69. The van der Waals surface area contributed by atoms with Gasteiger partial charge in [0.25, 0.3) is 11.8 Å². The smallest absolute Gasteiger partial charge is 0.257 e. The Hall–Kier alpha value is -1.66. The van der Waals surface area contributed by atoms with Crippen LogP contribution in [0.3, 0.4) is 0 Å². The summed E-state index contributed by atoms with van der Waals surface area (Å²) in [4.78, 5) is 25.1. The molecule has 0 radical (unpaired) electrons. The molecule has 6 heteroatoms. The van der Waals surface area contributed by atoms with Crippen LogP contribution in [0.15, 0.2) is 16.8 Å².